The van der Waals surface area contributed by atoms with Crippen molar-refractivity contribution in [2.45, 2.75) is 25.7 Å². The van der Waals surface area contributed by atoms with Crippen LogP contribution in [0.25, 0.3) is 0 Å². The quantitative estimate of drug-likeness (QED) is 0.580. The van der Waals surface area contributed by atoms with Crippen molar-refractivity contribution in [3.05, 3.63) is 44.3 Å². The Hall–Kier alpha value is -1.67. The van der Waals surface area contributed by atoms with E-state index in [9.17, 15) is 22.9 Å². The summed E-state index contributed by atoms with van der Waals surface area (Å²) in [6.07, 6.45) is 2.67. The third-order valence-electron chi connectivity index (χ3n) is 4.61. The third kappa shape index (κ3) is 2.62. The number of hydrogen-bond acceptors (Lipinski definition) is 5. The standard InChI is InChI=1S/C16H13Cl2NO5S/c1-3-16(2)7-4-11(20)12(25(22,23)24)6-9(7)19-10-5-8(17)15(21)14(18)13(10)16/h4-6,21H,3H2,1-2H3,(H,22,23,24). The number of carbonyl (C=O) groups excluding carboxylic acids is 1. The third-order valence-corrected chi connectivity index (χ3v) is 6.14. The summed E-state index contributed by atoms with van der Waals surface area (Å²) in [5.41, 5.74) is 0.753. The first kappa shape index (κ1) is 18.1. The van der Waals surface area contributed by atoms with Gasteiger partial charge in [0.05, 0.1) is 21.4 Å². The fourth-order valence-electron chi connectivity index (χ4n) is 3.13. The van der Waals surface area contributed by atoms with Gasteiger partial charge in [-0.1, -0.05) is 37.0 Å². The van der Waals surface area contributed by atoms with Crippen molar-refractivity contribution in [1.82, 2.24) is 0 Å². The highest BCUT2D eigenvalue weighted by Gasteiger charge is 2.43. The number of halogens is 2. The van der Waals surface area contributed by atoms with Crippen LogP contribution in [0.3, 0.4) is 0 Å². The van der Waals surface area contributed by atoms with Crippen LogP contribution in [0, 0.1) is 0 Å². The lowest BCUT2D eigenvalue weighted by atomic mass is 9.68. The van der Waals surface area contributed by atoms with Crippen molar-refractivity contribution in [3.8, 4) is 5.75 Å². The highest BCUT2D eigenvalue weighted by atomic mass is 35.5. The van der Waals surface area contributed by atoms with Gasteiger partial charge >= 0.3 is 0 Å². The highest BCUT2D eigenvalue weighted by molar-refractivity contribution is 7.91. The first-order valence-corrected chi connectivity index (χ1v) is 9.46. The molecule has 3 rings (SSSR count). The molecule has 25 heavy (non-hydrogen) atoms. The number of rotatable bonds is 2. The van der Waals surface area contributed by atoms with Gasteiger partial charge in [-0.05, 0) is 30.2 Å². The lowest BCUT2D eigenvalue weighted by molar-refractivity contribution is -0.110. The maximum absolute atomic E-state index is 12.2. The van der Waals surface area contributed by atoms with E-state index in [0.29, 0.717) is 23.2 Å². The van der Waals surface area contributed by atoms with Crippen molar-refractivity contribution < 1.29 is 22.9 Å². The zero-order valence-electron chi connectivity index (χ0n) is 13.2. The van der Waals surface area contributed by atoms with Crippen molar-refractivity contribution in [2.75, 3.05) is 0 Å². The first-order chi connectivity index (χ1) is 11.5. The van der Waals surface area contributed by atoms with E-state index < -0.39 is 26.2 Å². The SMILES string of the molecule is CCC1(C)C2=CC(=O)C(S(=O)(=O)O)=CC2=Nc2cc(Cl)c(O)c(Cl)c21. The Morgan fingerprint density at radius 1 is 1.28 bits per heavy atom. The van der Waals surface area contributed by atoms with Gasteiger partial charge in [-0.2, -0.15) is 8.42 Å². The fourth-order valence-corrected chi connectivity index (χ4v) is 4.35. The minimum absolute atomic E-state index is 0.00449. The zero-order valence-corrected chi connectivity index (χ0v) is 15.5. The average Bonchev–Trinajstić information content (AvgIpc) is 2.52. The fraction of sp³-hybridized carbons (Fsp3) is 0.250. The second-order valence-electron chi connectivity index (χ2n) is 6.00. The van der Waals surface area contributed by atoms with E-state index in [4.69, 9.17) is 23.2 Å². The number of carbonyl (C=O) groups is 1. The van der Waals surface area contributed by atoms with E-state index >= 15 is 0 Å². The van der Waals surface area contributed by atoms with E-state index in [2.05, 4.69) is 4.99 Å². The molecule has 1 heterocycles. The molecule has 1 aliphatic heterocycles. The van der Waals surface area contributed by atoms with E-state index in [-0.39, 0.29) is 21.5 Å². The molecule has 0 radical (unpaired) electrons. The molecular weight excluding hydrogens is 389 g/mol. The molecule has 132 valence electrons. The molecule has 0 saturated carbocycles. The second kappa shape index (κ2) is 5.67. The summed E-state index contributed by atoms with van der Waals surface area (Å²) < 4.78 is 32.0. The number of ketones is 1. The van der Waals surface area contributed by atoms with Crippen LogP contribution in [-0.2, 0) is 20.3 Å². The molecule has 0 saturated heterocycles. The molecule has 0 bridgehead atoms. The predicted molar refractivity (Wildman–Crippen MR) is 95.6 cm³/mol. The summed E-state index contributed by atoms with van der Waals surface area (Å²) in [6, 6.07) is 1.42. The molecule has 0 spiro atoms. The van der Waals surface area contributed by atoms with Gasteiger partial charge in [0.15, 0.2) is 11.5 Å². The number of hydrogen-bond donors (Lipinski definition) is 2. The zero-order chi connectivity index (χ0) is 18.7. The molecule has 9 heteroatoms. The number of nitrogens with zero attached hydrogens (tertiary/aromatic N) is 1. The molecule has 0 aromatic heterocycles. The van der Waals surface area contributed by atoms with Gasteiger partial charge in [0.25, 0.3) is 10.1 Å². The number of phenolic OH excluding ortho intramolecular Hbond substituents is 1. The Balaban J connectivity index is 2.39. The van der Waals surface area contributed by atoms with Crippen molar-refractivity contribution in [1.29, 1.82) is 0 Å². The average molecular weight is 402 g/mol. The molecule has 1 aromatic rings. The number of fused-ring (bicyclic) bond motifs is 2. The lowest BCUT2D eigenvalue weighted by Gasteiger charge is -2.38. The molecule has 0 fully saturated rings. The summed E-state index contributed by atoms with van der Waals surface area (Å²) in [6.45, 7) is 3.67. The van der Waals surface area contributed by atoms with E-state index in [1.165, 1.54) is 6.07 Å². The van der Waals surface area contributed by atoms with Gasteiger partial charge < -0.3 is 5.11 Å². The van der Waals surface area contributed by atoms with E-state index in [1.54, 1.807) is 0 Å². The molecule has 1 atom stereocenters. The lowest BCUT2D eigenvalue weighted by Crippen LogP contribution is -2.34. The summed E-state index contributed by atoms with van der Waals surface area (Å²) >= 11 is 12.2. The molecule has 2 N–H and O–H groups in total. The molecule has 1 aliphatic carbocycles. The summed E-state index contributed by atoms with van der Waals surface area (Å²) in [7, 11) is -4.68. The van der Waals surface area contributed by atoms with Gasteiger partial charge in [-0.3, -0.25) is 9.35 Å². The minimum Gasteiger partial charge on any atom is -0.505 e. The van der Waals surface area contributed by atoms with Gasteiger partial charge in [-0.15, -0.1) is 0 Å². The molecule has 1 aromatic carbocycles. The Bertz CT molecular complexity index is 1020. The summed E-state index contributed by atoms with van der Waals surface area (Å²) in [4.78, 5) is 15.8. The number of benzene rings is 1. The number of phenols is 1. The van der Waals surface area contributed by atoms with E-state index in [1.807, 2.05) is 13.8 Å². The molecule has 2 aliphatic rings. The Labute approximate surface area is 154 Å². The predicted octanol–water partition coefficient (Wildman–Crippen LogP) is 3.73. The number of allylic oxidation sites excluding steroid dienone is 4. The largest absolute Gasteiger partial charge is 0.505 e. The minimum atomic E-state index is -4.68. The number of aliphatic imine (C=N–C) groups is 1. The molecule has 0 amide bonds. The van der Waals surface area contributed by atoms with Crippen LogP contribution in [0.4, 0.5) is 5.69 Å². The highest BCUT2D eigenvalue weighted by Crippen LogP contribution is 2.53. The second-order valence-corrected chi connectivity index (χ2v) is 8.18. The van der Waals surface area contributed by atoms with Crippen LogP contribution in [0.15, 0.2) is 33.7 Å². The monoisotopic (exact) mass is 401 g/mol. The Morgan fingerprint density at radius 2 is 1.92 bits per heavy atom. The Kier molecular flexibility index (Phi) is 4.11. The first-order valence-electron chi connectivity index (χ1n) is 7.27. The Morgan fingerprint density at radius 3 is 2.48 bits per heavy atom. The van der Waals surface area contributed by atoms with Crippen LogP contribution >= 0.6 is 23.2 Å². The molecule has 6 nitrogen and oxygen atoms in total. The topological polar surface area (TPSA) is 104 Å². The van der Waals surface area contributed by atoms with E-state index in [0.717, 1.165) is 12.2 Å². The maximum Gasteiger partial charge on any atom is 0.298 e. The van der Waals surface area contributed by atoms with Gasteiger partial charge in [0, 0.05) is 11.0 Å². The van der Waals surface area contributed by atoms with Gasteiger partial charge in [-0.25, -0.2) is 4.99 Å². The normalized spacial score (nSPS) is 22.6. The number of aromatic hydroxyl groups is 1. The van der Waals surface area contributed by atoms with Crippen molar-refractivity contribution in [3.63, 3.8) is 0 Å². The van der Waals surface area contributed by atoms with Gasteiger partial charge in [0.2, 0.25) is 0 Å². The van der Waals surface area contributed by atoms with Crippen LogP contribution < -0.4 is 0 Å². The van der Waals surface area contributed by atoms with Crippen LogP contribution in [0.5, 0.6) is 5.75 Å². The van der Waals surface area contributed by atoms with Crippen LogP contribution in [-0.4, -0.2) is 29.6 Å². The van der Waals surface area contributed by atoms with Gasteiger partial charge in [0.1, 0.15) is 4.91 Å². The van der Waals surface area contributed by atoms with Crippen molar-refractivity contribution in [2.24, 2.45) is 4.99 Å². The summed E-state index contributed by atoms with van der Waals surface area (Å²) in [5.74, 6) is -1.12. The molecular formula is C16H13Cl2NO5S. The van der Waals surface area contributed by atoms with Crippen LogP contribution in [0.2, 0.25) is 10.0 Å². The maximum atomic E-state index is 12.2. The van der Waals surface area contributed by atoms with Crippen molar-refractivity contribution >= 4 is 50.5 Å². The summed E-state index contributed by atoms with van der Waals surface area (Å²) in [5, 5.41) is 10.1. The van der Waals surface area contributed by atoms with Crippen LogP contribution in [0.1, 0.15) is 25.8 Å². The smallest absolute Gasteiger partial charge is 0.298 e. The molecule has 1 unspecified atom stereocenters.